The summed E-state index contributed by atoms with van der Waals surface area (Å²) in [5, 5.41) is 0. The summed E-state index contributed by atoms with van der Waals surface area (Å²) >= 11 is 0. The van der Waals surface area contributed by atoms with Gasteiger partial charge in [-0.3, -0.25) is 14.4 Å². The summed E-state index contributed by atoms with van der Waals surface area (Å²) in [5.41, 5.74) is 0. The molecular formula is C77H144O6. The number of unbranched alkanes of at least 4 members (excludes halogenated alkanes) is 53. The average molecular weight is 1170 g/mol. The van der Waals surface area contributed by atoms with Crippen LogP contribution in [0.3, 0.4) is 0 Å². The summed E-state index contributed by atoms with van der Waals surface area (Å²) in [6, 6.07) is 0. The fourth-order valence-electron chi connectivity index (χ4n) is 11.5. The summed E-state index contributed by atoms with van der Waals surface area (Å²) in [6.07, 6.45) is 90.7. The Morgan fingerprint density at radius 2 is 0.458 bits per heavy atom. The van der Waals surface area contributed by atoms with E-state index >= 15 is 0 Å². The molecule has 0 rings (SSSR count). The minimum Gasteiger partial charge on any atom is -0.462 e. The predicted octanol–water partition coefficient (Wildman–Crippen LogP) is 25.9. The van der Waals surface area contributed by atoms with Gasteiger partial charge in [0.1, 0.15) is 13.2 Å². The van der Waals surface area contributed by atoms with Gasteiger partial charge in [-0.1, -0.05) is 365 Å². The van der Waals surface area contributed by atoms with Crippen LogP contribution in [0.25, 0.3) is 0 Å². The summed E-state index contributed by atoms with van der Waals surface area (Å²) < 4.78 is 17.0. The topological polar surface area (TPSA) is 78.9 Å². The Bertz CT molecular complexity index is 1380. The number of allylic oxidation sites excluding steroid dienone is 6. The van der Waals surface area contributed by atoms with E-state index in [1.54, 1.807) is 0 Å². The molecule has 0 aliphatic heterocycles. The fraction of sp³-hybridized carbons (Fsp3) is 0.883. The SMILES string of the molecule is CCC/C=C\CCCCCCCC(=O)OCC(COC(=O)CCCCCCCCCCCCCCCCCCCCCCC/C=C\C/C=C\CCCCCCC)OC(=O)CCCCCCCCCCCCCCCCCCCCCCCC. The van der Waals surface area contributed by atoms with Crippen LogP contribution in [0.2, 0.25) is 0 Å². The molecule has 0 heterocycles. The highest BCUT2D eigenvalue weighted by Crippen LogP contribution is 2.19. The zero-order valence-corrected chi connectivity index (χ0v) is 56.2. The highest BCUT2D eigenvalue weighted by molar-refractivity contribution is 5.71. The van der Waals surface area contributed by atoms with Crippen LogP contribution in [0.1, 0.15) is 419 Å². The molecular weight excluding hydrogens is 1020 g/mol. The normalized spacial score (nSPS) is 12.2. The average Bonchev–Trinajstić information content (AvgIpc) is 3.49. The van der Waals surface area contributed by atoms with Gasteiger partial charge < -0.3 is 14.2 Å². The van der Waals surface area contributed by atoms with Crippen LogP contribution >= 0.6 is 0 Å². The van der Waals surface area contributed by atoms with Gasteiger partial charge in [-0.05, 0) is 70.6 Å². The van der Waals surface area contributed by atoms with Gasteiger partial charge in [0.25, 0.3) is 0 Å². The maximum absolute atomic E-state index is 12.9. The first-order valence-electron chi connectivity index (χ1n) is 37.5. The van der Waals surface area contributed by atoms with E-state index in [9.17, 15) is 14.4 Å². The molecule has 6 heteroatoms. The van der Waals surface area contributed by atoms with Crippen LogP contribution in [-0.2, 0) is 28.6 Å². The Hall–Kier alpha value is -2.37. The molecule has 0 aromatic carbocycles. The van der Waals surface area contributed by atoms with Crippen molar-refractivity contribution in [2.75, 3.05) is 13.2 Å². The lowest BCUT2D eigenvalue weighted by atomic mass is 10.0. The zero-order chi connectivity index (χ0) is 59.9. The molecule has 0 saturated carbocycles. The van der Waals surface area contributed by atoms with E-state index < -0.39 is 6.10 Å². The molecule has 83 heavy (non-hydrogen) atoms. The van der Waals surface area contributed by atoms with Gasteiger partial charge in [0.05, 0.1) is 0 Å². The van der Waals surface area contributed by atoms with E-state index in [0.717, 1.165) is 77.0 Å². The molecule has 0 aromatic heterocycles. The zero-order valence-electron chi connectivity index (χ0n) is 56.2. The van der Waals surface area contributed by atoms with E-state index in [0.29, 0.717) is 19.3 Å². The van der Waals surface area contributed by atoms with Crippen molar-refractivity contribution in [3.05, 3.63) is 36.5 Å². The molecule has 0 radical (unpaired) electrons. The van der Waals surface area contributed by atoms with Crippen LogP contribution in [-0.4, -0.2) is 37.2 Å². The van der Waals surface area contributed by atoms with E-state index in [-0.39, 0.29) is 31.1 Å². The second kappa shape index (κ2) is 72.1. The molecule has 0 saturated heterocycles. The Balaban J connectivity index is 4.05. The molecule has 0 fully saturated rings. The summed E-state index contributed by atoms with van der Waals surface area (Å²) in [6.45, 7) is 6.64. The van der Waals surface area contributed by atoms with Crippen molar-refractivity contribution >= 4 is 17.9 Å². The van der Waals surface area contributed by atoms with Crippen molar-refractivity contribution < 1.29 is 28.6 Å². The molecule has 1 atom stereocenters. The lowest BCUT2D eigenvalue weighted by Gasteiger charge is -2.18. The Morgan fingerprint density at radius 1 is 0.241 bits per heavy atom. The fourth-order valence-corrected chi connectivity index (χ4v) is 11.5. The molecule has 488 valence electrons. The van der Waals surface area contributed by atoms with E-state index in [2.05, 4.69) is 57.2 Å². The number of carbonyl (C=O) groups excluding carboxylic acids is 3. The van der Waals surface area contributed by atoms with Gasteiger partial charge in [-0.25, -0.2) is 0 Å². The molecule has 0 aliphatic rings. The standard InChI is InChI=1S/C77H144O6/c1-4-7-10-13-16-19-22-24-26-28-30-32-34-35-36-37-38-39-40-41-42-43-44-46-47-49-51-53-55-58-61-64-67-70-76(79)82-73-74(72-81-75(78)69-66-63-60-57-21-18-15-12-9-6-3)83-77(80)71-68-65-62-59-56-54-52-50-48-45-33-31-29-27-25-23-20-17-14-11-8-5-2/h12,15,22,24,28,30,74H,4-11,13-14,16-21,23,25-27,29,31-73H2,1-3H3/b15-12-,24-22-,30-28-. The van der Waals surface area contributed by atoms with Crippen molar-refractivity contribution in [1.82, 2.24) is 0 Å². The quantitative estimate of drug-likeness (QED) is 0.0261. The Labute approximate surface area is 518 Å². The predicted molar refractivity (Wildman–Crippen MR) is 362 cm³/mol. The smallest absolute Gasteiger partial charge is 0.306 e. The minimum atomic E-state index is -0.772. The number of carbonyl (C=O) groups is 3. The van der Waals surface area contributed by atoms with Crippen molar-refractivity contribution in [1.29, 1.82) is 0 Å². The largest absolute Gasteiger partial charge is 0.462 e. The first-order chi connectivity index (χ1) is 41.0. The third kappa shape index (κ3) is 70.3. The first kappa shape index (κ1) is 80.6. The second-order valence-electron chi connectivity index (χ2n) is 25.6. The van der Waals surface area contributed by atoms with Gasteiger partial charge in [0.15, 0.2) is 6.10 Å². The molecule has 0 aromatic rings. The first-order valence-corrected chi connectivity index (χ1v) is 37.5. The molecule has 0 amide bonds. The molecule has 0 spiro atoms. The van der Waals surface area contributed by atoms with Gasteiger partial charge in [0.2, 0.25) is 0 Å². The Kier molecular flexibility index (Phi) is 70.0. The summed E-state index contributed by atoms with van der Waals surface area (Å²) in [4.78, 5) is 38.4. The lowest BCUT2D eigenvalue weighted by Crippen LogP contribution is -2.30. The lowest BCUT2D eigenvalue weighted by molar-refractivity contribution is -0.167. The number of ether oxygens (including phenoxy) is 3. The van der Waals surface area contributed by atoms with Crippen molar-refractivity contribution in [3.63, 3.8) is 0 Å². The van der Waals surface area contributed by atoms with E-state index in [1.165, 1.54) is 302 Å². The van der Waals surface area contributed by atoms with Crippen LogP contribution in [0.5, 0.6) is 0 Å². The van der Waals surface area contributed by atoms with Crippen LogP contribution < -0.4 is 0 Å². The number of hydrogen-bond donors (Lipinski definition) is 0. The molecule has 1 unspecified atom stereocenters. The highest BCUT2D eigenvalue weighted by atomic mass is 16.6. The second-order valence-corrected chi connectivity index (χ2v) is 25.6. The summed E-state index contributed by atoms with van der Waals surface area (Å²) in [7, 11) is 0. The number of hydrogen-bond acceptors (Lipinski definition) is 6. The Morgan fingerprint density at radius 3 is 0.723 bits per heavy atom. The van der Waals surface area contributed by atoms with Gasteiger partial charge in [0, 0.05) is 19.3 Å². The monoisotopic (exact) mass is 1170 g/mol. The molecule has 0 bridgehead atoms. The van der Waals surface area contributed by atoms with Gasteiger partial charge in [-0.15, -0.1) is 0 Å². The maximum atomic E-state index is 12.9. The van der Waals surface area contributed by atoms with Gasteiger partial charge >= 0.3 is 17.9 Å². The third-order valence-electron chi connectivity index (χ3n) is 17.1. The van der Waals surface area contributed by atoms with Crippen molar-refractivity contribution in [3.8, 4) is 0 Å². The van der Waals surface area contributed by atoms with Crippen molar-refractivity contribution in [2.45, 2.75) is 425 Å². The number of esters is 3. The highest BCUT2D eigenvalue weighted by Gasteiger charge is 2.20. The van der Waals surface area contributed by atoms with Crippen LogP contribution in [0.4, 0.5) is 0 Å². The van der Waals surface area contributed by atoms with Crippen LogP contribution in [0.15, 0.2) is 36.5 Å². The van der Waals surface area contributed by atoms with E-state index in [1.807, 2.05) is 0 Å². The summed E-state index contributed by atoms with van der Waals surface area (Å²) in [5.74, 6) is -0.848. The van der Waals surface area contributed by atoms with E-state index in [4.69, 9.17) is 14.2 Å². The molecule has 0 N–H and O–H groups in total. The minimum absolute atomic E-state index is 0.0683. The van der Waals surface area contributed by atoms with Crippen molar-refractivity contribution in [2.24, 2.45) is 0 Å². The third-order valence-corrected chi connectivity index (χ3v) is 17.1. The molecule has 6 nitrogen and oxygen atoms in total. The number of rotatable bonds is 70. The van der Waals surface area contributed by atoms with Gasteiger partial charge in [-0.2, -0.15) is 0 Å². The molecule has 0 aliphatic carbocycles. The van der Waals surface area contributed by atoms with Crippen LogP contribution in [0, 0.1) is 0 Å². The maximum Gasteiger partial charge on any atom is 0.306 e.